The Morgan fingerprint density at radius 1 is 1.25 bits per heavy atom. The second-order valence-corrected chi connectivity index (χ2v) is 5.43. The van der Waals surface area contributed by atoms with Gasteiger partial charge in [-0.1, -0.05) is 26.2 Å². The number of aromatic nitrogens is 1. The lowest BCUT2D eigenvalue weighted by Crippen LogP contribution is -2.39. The summed E-state index contributed by atoms with van der Waals surface area (Å²) in [5.41, 5.74) is 0.357. The fourth-order valence-corrected chi connectivity index (χ4v) is 2.60. The summed E-state index contributed by atoms with van der Waals surface area (Å²) < 4.78 is 0. The van der Waals surface area contributed by atoms with Crippen LogP contribution in [0, 0.1) is 5.92 Å². The van der Waals surface area contributed by atoms with E-state index in [-0.39, 0.29) is 23.2 Å². The molecule has 1 saturated carbocycles. The predicted molar refractivity (Wildman–Crippen MR) is 74.7 cm³/mol. The summed E-state index contributed by atoms with van der Waals surface area (Å²) in [6.45, 7) is 2.16. The highest BCUT2D eigenvalue weighted by Gasteiger charge is 2.22. The molecule has 2 rings (SSSR count). The van der Waals surface area contributed by atoms with Crippen molar-refractivity contribution in [2.75, 3.05) is 0 Å². The average Bonchev–Trinajstić information content (AvgIpc) is 2.64. The van der Waals surface area contributed by atoms with Gasteiger partial charge in [0, 0.05) is 12.2 Å². The van der Waals surface area contributed by atoms with E-state index in [1.165, 1.54) is 31.2 Å². The van der Waals surface area contributed by atoms with E-state index < -0.39 is 5.97 Å². The standard InChI is InChI=1S/C15H20N2O3/c1-10-5-3-2-4-6-12(10)17-14(18)13-8-7-11(9-16-13)15(19)20/h7-10,12H,2-6H2,1H3,(H,17,18)(H,19,20). The van der Waals surface area contributed by atoms with Crippen LogP contribution in [0.3, 0.4) is 0 Å². The summed E-state index contributed by atoms with van der Waals surface area (Å²) in [6, 6.07) is 3.05. The van der Waals surface area contributed by atoms with E-state index in [9.17, 15) is 9.59 Å². The Hall–Kier alpha value is -1.91. The molecule has 20 heavy (non-hydrogen) atoms. The molecule has 1 aromatic rings. The third-order valence-electron chi connectivity index (χ3n) is 3.92. The molecule has 0 radical (unpaired) electrons. The highest BCUT2D eigenvalue weighted by atomic mass is 16.4. The molecule has 2 N–H and O–H groups in total. The minimum absolute atomic E-state index is 0.0874. The quantitative estimate of drug-likeness (QED) is 0.831. The molecule has 1 heterocycles. The number of pyridine rings is 1. The van der Waals surface area contributed by atoms with Crippen LogP contribution >= 0.6 is 0 Å². The van der Waals surface area contributed by atoms with Crippen molar-refractivity contribution >= 4 is 11.9 Å². The molecule has 1 aliphatic carbocycles. The average molecular weight is 276 g/mol. The van der Waals surface area contributed by atoms with Crippen molar-refractivity contribution in [3.63, 3.8) is 0 Å². The zero-order valence-electron chi connectivity index (χ0n) is 11.6. The number of carbonyl (C=O) groups excluding carboxylic acids is 1. The molecule has 5 heteroatoms. The molecular formula is C15H20N2O3. The van der Waals surface area contributed by atoms with Gasteiger partial charge in [0.2, 0.25) is 0 Å². The fraction of sp³-hybridized carbons (Fsp3) is 0.533. The summed E-state index contributed by atoms with van der Waals surface area (Å²) >= 11 is 0. The predicted octanol–water partition coefficient (Wildman–Crippen LogP) is 2.48. The number of amides is 1. The number of nitrogens with zero attached hydrogens (tertiary/aromatic N) is 1. The van der Waals surface area contributed by atoms with Crippen LogP contribution < -0.4 is 5.32 Å². The molecule has 108 valence electrons. The van der Waals surface area contributed by atoms with Gasteiger partial charge in [-0.3, -0.25) is 9.78 Å². The molecule has 1 amide bonds. The Bertz CT molecular complexity index is 484. The molecule has 0 bridgehead atoms. The SMILES string of the molecule is CC1CCCCCC1NC(=O)c1ccc(C(=O)O)cn1. The van der Waals surface area contributed by atoms with Crippen molar-refractivity contribution < 1.29 is 14.7 Å². The van der Waals surface area contributed by atoms with Crippen LogP contribution in [0.4, 0.5) is 0 Å². The van der Waals surface area contributed by atoms with Gasteiger partial charge in [-0.15, -0.1) is 0 Å². The van der Waals surface area contributed by atoms with Gasteiger partial charge in [-0.2, -0.15) is 0 Å². The van der Waals surface area contributed by atoms with Crippen molar-refractivity contribution in [1.82, 2.24) is 10.3 Å². The minimum atomic E-state index is -1.04. The Morgan fingerprint density at radius 2 is 2.00 bits per heavy atom. The molecule has 0 aliphatic heterocycles. The smallest absolute Gasteiger partial charge is 0.337 e. The van der Waals surface area contributed by atoms with Gasteiger partial charge in [0.15, 0.2) is 0 Å². The number of rotatable bonds is 3. The van der Waals surface area contributed by atoms with E-state index in [0.29, 0.717) is 5.92 Å². The number of carbonyl (C=O) groups is 2. The molecule has 0 saturated heterocycles. The highest BCUT2D eigenvalue weighted by molar-refractivity contribution is 5.93. The van der Waals surface area contributed by atoms with Gasteiger partial charge in [-0.05, 0) is 30.9 Å². The summed E-state index contributed by atoms with van der Waals surface area (Å²) in [5.74, 6) is -0.790. The Balaban J connectivity index is 2.01. The summed E-state index contributed by atoms with van der Waals surface area (Å²) in [5, 5.41) is 11.8. The van der Waals surface area contributed by atoms with Gasteiger partial charge < -0.3 is 10.4 Å². The second-order valence-electron chi connectivity index (χ2n) is 5.43. The van der Waals surface area contributed by atoms with Crippen molar-refractivity contribution in [1.29, 1.82) is 0 Å². The molecule has 5 nitrogen and oxygen atoms in total. The van der Waals surface area contributed by atoms with E-state index in [1.807, 2.05) is 0 Å². The van der Waals surface area contributed by atoms with Crippen molar-refractivity contribution in [3.8, 4) is 0 Å². The van der Waals surface area contributed by atoms with E-state index in [1.54, 1.807) is 0 Å². The molecule has 2 unspecified atom stereocenters. The first-order valence-electron chi connectivity index (χ1n) is 7.08. The van der Waals surface area contributed by atoms with Crippen LogP contribution in [0.2, 0.25) is 0 Å². The fourth-order valence-electron chi connectivity index (χ4n) is 2.60. The number of hydrogen-bond donors (Lipinski definition) is 2. The van der Waals surface area contributed by atoms with Crippen LogP contribution in [0.5, 0.6) is 0 Å². The van der Waals surface area contributed by atoms with Crippen molar-refractivity contribution in [2.24, 2.45) is 5.92 Å². The summed E-state index contributed by atoms with van der Waals surface area (Å²) in [7, 11) is 0. The molecule has 1 aliphatic rings. The molecule has 0 spiro atoms. The minimum Gasteiger partial charge on any atom is -0.478 e. The Morgan fingerprint density at radius 3 is 2.65 bits per heavy atom. The monoisotopic (exact) mass is 276 g/mol. The maximum absolute atomic E-state index is 12.1. The van der Waals surface area contributed by atoms with E-state index in [2.05, 4.69) is 17.2 Å². The van der Waals surface area contributed by atoms with Crippen molar-refractivity contribution in [2.45, 2.75) is 45.1 Å². The number of carboxylic acid groups (broad SMARTS) is 1. The maximum atomic E-state index is 12.1. The van der Waals surface area contributed by atoms with Crippen LogP contribution in [-0.2, 0) is 0 Å². The van der Waals surface area contributed by atoms with Crippen LogP contribution in [0.25, 0.3) is 0 Å². The Labute approximate surface area is 118 Å². The van der Waals surface area contributed by atoms with Crippen LogP contribution in [-0.4, -0.2) is 28.0 Å². The number of hydrogen-bond acceptors (Lipinski definition) is 3. The third kappa shape index (κ3) is 3.56. The first-order valence-corrected chi connectivity index (χ1v) is 7.08. The summed E-state index contributed by atoms with van der Waals surface area (Å²) in [6.07, 6.45) is 6.94. The largest absolute Gasteiger partial charge is 0.478 e. The lowest BCUT2D eigenvalue weighted by Gasteiger charge is -2.22. The van der Waals surface area contributed by atoms with Gasteiger partial charge in [0.1, 0.15) is 5.69 Å². The maximum Gasteiger partial charge on any atom is 0.337 e. The number of nitrogens with one attached hydrogen (secondary N) is 1. The van der Waals surface area contributed by atoms with Gasteiger partial charge in [0.25, 0.3) is 5.91 Å². The van der Waals surface area contributed by atoms with Crippen molar-refractivity contribution in [3.05, 3.63) is 29.6 Å². The van der Waals surface area contributed by atoms with E-state index in [4.69, 9.17) is 5.11 Å². The first-order chi connectivity index (χ1) is 9.58. The molecule has 2 atom stereocenters. The van der Waals surface area contributed by atoms with E-state index in [0.717, 1.165) is 19.3 Å². The highest BCUT2D eigenvalue weighted by Crippen LogP contribution is 2.23. The van der Waals surface area contributed by atoms with Crippen LogP contribution in [0.15, 0.2) is 18.3 Å². The molecule has 1 fully saturated rings. The van der Waals surface area contributed by atoms with Gasteiger partial charge >= 0.3 is 5.97 Å². The zero-order valence-corrected chi connectivity index (χ0v) is 11.6. The first kappa shape index (κ1) is 14.5. The summed E-state index contributed by atoms with van der Waals surface area (Å²) in [4.78, 5) is 26.8. The van der Waals surface area contributed by atoms with Crippen LogP contribution in [0.1, 0.15) is 59.9 Å². The van der Waals surface area contributed by atoms with E-state index >= 15 is 0 Å². The third-order valence-corrected chi connectivity index (χ3v) is 3.92. The topological polar surface area (TPSA) is 79.3 Å². The van der Waals surface area contributed by atoms with Gasteiger partial charge in [0.05, 0.1) is 5.56 Å². The lowest BCUT2D eigenvalue weighted by molar-refractivity contribution is 0.0695. The zero-order chi connectivity index (χ0) is 14.5. The second kappa shape index (κ2) is 6.50. The number of aromatic carboxylic acids is 1. The number of carboxylic acids is 1. The Kier molecular flexibility index (Phi) is 4.71. The molecular weight excluding hydrogens is 256 g/mol. The molecule has 0 aromatic carbocycles. The normalized spacial score (nSPS) is 22.9. The lowest BCUT2D eigenvalue weighted by atomic mass is 9.97. The molecule has 1 aromatic heterocycles. The van der Waals surface area contributed by atoms with Gasteiger partial charge in [-0.25, -0.2) is 4.79 Å².